The van der Waals surface area contributed by atoms with Crippen molar-refractivity contribution in [3.8, 4) is 0 Å². The van der Waals surface area contributed by atoms with Gasteiger partial charge in [0.2, 0.25) is 0 Å². The first-order valence-corrected chi connectivity index (χ1v) is 3.62. The molecular weight excluding hydrogens is 167 g/mol. The Balaban J connectivity index is 3.52. The molecule has 0 unspecified atom stereocenters. The van der Waals surface area contributed by atoms with Crippen LogP contribution in [0.25, 0.3) is 0 Å². The number of hydrogen-bond acceptors (Lipinski definition) is 2. The molecule has 0 spiro atoms. The van der Waals surface area contributed by atoms with Crippen molar-refractivity contribution < 1.29 is 0 Å². The maximum absolute atomic E-state index is 5.44. The number of rotatable bonds is 3. The second kappa shape index (κ2) is 3.93. The Morgan fingerprint density at radius 2 is 1.88 bits per heavy atom. The van der Waals surface area contributed by atoms with Crippen molar-refractivity contribution >= 4 is 20.2 Å². The Morgan fingerprint density at radius 1 is 1.50 bits per heavy atom. The van der Waals surface area contributed by atoms with Crippen molar-refractivity contribution in [2.45, 2.75) is 13.8 Å². The maximum atomic E-state index is 5.44. The number of nitrogens with zero attached hydrogens (tertiary/aromatic N) is 1. The SMILES string of the molecule is CCN(CC)C(N)=[Se]. The minimum atomic E-state index is 0.787. The molecule has 0 bridgehead atoms. The van der Waals surface area contributed by atoms with Crippen molar-refractivity contribution in [2.24, 2.45) is 5.73 Å². The van der Waals surface area contributed by atoms with Crippen LogP contribution in [0.4, 0.5) is 0 Å². The molecule has 0 aliphatic rings. The molecular formula is C5H12N2Se. The van der Waals surface area contributed by atoms with Gasteiger partial charge in [-0.3, -0.25) is 0 Å². The predicted molar refractivity (Wildman–Crippen MR) is 37.9 cm³/mol. The summed E-state index contributed by atoms with van der Waals surface area (Å²) in [5.74, 6) is 0. The molecule has 0 aromatic heterocycles. The molecule has 0 aliphatic heterocycles. The molecule has 0 aromatic rings. The summed E-state index contributed by atoms with van der Waals surface area (Å²) in [5.41, 5.74) is 5.44. The van der Waals surface area contributed by atoms with Crippen LogP contribution in [-0.4, -0.2) is 38.2 Å². The van der Waals surface area contributed by atoms with Crippen LogP contribution in [0.1, 0.15) is 13.8 Å². The molecule has 8 heavy (non-hydrogen) atoms. The van der Waals surface area contributed by atoms with E-state index in [0.717, 1.165) is 17.8 Å². The minimum absolute atomic E-state index is 0.787. The van der Waals surface area contributed by atoms with Crippen molar-refractivity contribution in [3.63, 3.8) is 0 Å². The summed E-state index contributed by atoms with van der Waals surface area (Å²) in [5, 5.41) is 0. The van der Waals surface area contributed by atoms with Gasteiger partial charge >= 0.3 is 57.8 Å². The van der Waals surface area contributed by atoms with E-state index in [1.807, 2.05) is 0 Å². The van der Waals surface area contributed by atoms with Crippen LogP contribution in [0.15, 0.2) is 0 Å². The zero-order valence-electron chi connectivity index (χ0n) is 5.35. The Labute approximate surface area is 58.4 Å². The van der Waals surface area contributed by atoms with Crippen LogP contribution in [0.2, 0.25) is 0 Å². The zero-order chi connectivity index (χ0) is 6.57. The van der Waals surface area contributed by atoms with Crippen molar-refractivity contribution in [2.75, 3.05) is 13.1 Å². The van der Waals surface area contributed by atoms with Gasteiger partial charge in [0.25, 0.3) is 0 Å². The van der Waals surface area contributed by atoms with E-state index < -0.39 is 0 Å². The van der Waals surface area contributed by atoms with E-state index in [1.165, 1.54) is 0 Å². The molecule has 2 nitrogen and oxygen atoms in total. The Bertz CT molecular complexity index is 78.5. The van der Waals surface area contributed by atoms with Crippen molar-refractivity contribution in [1.29, 1.82) is 0 Å². The summed E-state index contributed by atoms with van der Waals surface area (Å²) in [6.07, 6.45) is 0. The summed E-state index contributed by atoms with van der Waals surface area (Å²) in [4.78, 5) is 2.06. The molecule has 0 saturated heterocycles. The fraction of sp³-hybridized carbons (Fsp3) is 0.800. The van der Waals surface area contributed by atoms with Gasteiger partial charge in [-0.25, -0.2) is 0 Å². The van der Waals surface area contributed by atoms with E-state index in [4.69, 9.17) is 5.73 Å². The van der Waals surface area contributed by atoms with Crippen molar-refractivity contribution in [1.82, 2.24) is 4.90 Å². The first-order valence-electron chi connectivity index (χ1n) is 2.76. The molecule has 48 valence electrons. The van der Waals surface area contributed by atoms with Gasteiger partial charge in [0, 0.05) is 0 Å². The first kappa shape index (κ1) is 7.99. The average molecular weight is 179 g/mol. The van der Waals surface area contributed by atoms with E-state index in [-0.39, 0.29) is 0 Å². The Kier molecular flexibility index (Phi) is 3.92. The van der Waals surface area contributed by atoms with E-state index in [9.17, 15) is 0 Å². The second-order valence-corrected chi connectivity index (χ2v) is 2.39. The summed E-state index contributed by atoms with van der Waals surface area (Å²) in [7, 11) is 0. The molecule has 0 fully saturated rings. The molecule has 0 aromatic carbocycles. The van der Waals surface area contributed by atoms with Crippen LogP contribution in [0.5, 0.6) is 0 Å². The fourth-order valence-electron chi connectivity index (χ4n) is 0.535. The van der Waals surface area contributed by atoms with Gasteiger partial charge in [0.1, 0.15) is 0 Å². The van der Waals surface area contributed by atoms with Gasteiger partial charge in [-0.15, -0.1) is 0 Å². The van der Waals surface area contributed by atoms with E-state index in [2.05, 4.69) is 34.3 Å². The quantitative estimate of drug-likeness (QED) is 0.594. The molecule has 3 heteroatoms. The van der Waals surface area contributed by atoms with Crippen molar-refractivity contribution in [3.05, 3.63) is 0 Å². The third-order valence-electron chi connectivity index (χ3n) is 1.08. The predicted octanol–water partition coefficient (Wildman–Crippen LogP) is -0.457. The molecule has 0 aliphatic carbocycles. The molecule has 0 heterocycles. The standard InChI is InChI=1S/C5H12N2Se/c1-3-7(4-2)5(6)8/h3-4H2,1-2H3,(H2,6,8). The summed E-state index contributed by atoms with van der Waals surface area (Å²) >= 11 is 2.76. The van der Waals surface area contributed by atoms with Gasteiger partial charge < -0.3 is 0 Å². The van der Waals surface area contributed by atoms with Crippen LogP contribution in [0, 0.1) is 0 Å². The number of nitrogens with two attached hydrogens (primary N) is 1. The third-order valence-corrected chi connectivity index (χ3v) is 1.62. The zero-order valence-corrected chi connectivity index (χ0v) is 7.06. The summed E-state index contributed by atoms with van der Waals surface area (Å²) < 4.78 is 0.787. The van der Waals surface area contributed by atoms with E-state index in [1.54, 1.807) is 0 Å². The van der Waals surface area contributed by atoms with Crippen LogP contribution in [-0.2, 0) is 0 Å². The van der Waals surface area contributed by atoms with Gasteiger partial charge in [-0.2, -0.15) is 0 Å². The summed E-state index contributed by atoms with van der Waals surface area (Å²) in [6.45, 7) is 6.12. The Hall–Kier alpha value is -0.0105. The van der Waals surface area contributed by atoms with E-state index >= 15 is 0 Å². The molecule has 0 atom stereocenters. The number of hydrogen-bond donors (Lipinski definition) is 1. The average Bonchev–Trinajstić information content (AvgIpc) is 1.69. The summed E-state index contributed by atoms with van der Waals surface area (Å²) in [6, 6.07) is 0. The third kappa shape index (κ3) is 2.34. The van der Waals surface area contributed by atoms with Gasteiger partial charge in [0.05, 0.1) is 0 Å². The molecule has 0 rings (SSSR count). The fourth-order valence-corrected chi connectivity index (χ4v) is 1.08. The van der Waals surface area contributed by atoms with Crippen LogP contribution < -0.4 is 5.73 Å². The van der Waals surface area contributed by atoms with Gasteiger partial charge in [-0.05, 0) is 0 Å². The molecule has 0 radical (unpaired) electrons. The Morgan fingerprint density at radius 3 is 1.88 bits per heavy atom. The first-order chi connectivity index (χ1) is 3.72. The second-order valence-electron chi connectivity index (χ2n) is 1.51. The van der Waals surface area contributed by atoms with Gasteiger partial charge in [-0.1, -0.05) is 0 Å². The molecule has 2 N–H and O–H groups in total. The monoisotopic (exact) mass is 180 g/mol. The normalized spacial score (nSPS) is 8.75. The van der Waals surface area contributed by atoms with Crippen LogP contribution >= 0.6 is 0 Å². The molecule has 0 amide bonds. The van der Waals surface area contributed by atoms with E-state index in [0.29, 0.717) is 0 Å². The van der Waals surface area contributed by atoms with Gasteiger partial charge in [0.15, 0.2) is 0 Å². The van der Waals surface area contributed by atoms with Crippen LogP contribution in [0.3, 0.4) is 0 Å². The molecule has 0 saturated carbocycles. The topological polar surface area (TPSA) is 29.3 Å².